The number of oxazole rings is 1. The largest absolute Gasteiger partial charge is 0.446 e. The lowest BCUT2D eigenvalue weighted by Gasteiger charge is -2.49. The van der Waals surface area contributed by atoms with Gasteiger partial charge in [-0.3, -0.25) is 4.90 Å². The number of amides is 1. The molecular formula is C18H27F2N3O4. The van der Waals surface area contributed by atoms with E-state index in [1.54, 1.807) is 9.80 Å². The van der Waals surface area contributed by atoms with Gasteiger partial charge in [0.2, 0.25) is 5.89 Å². The van der Waals surface area contributed by atoms with E-state index in [4.69, 9.17) is 13.9 Å². The number of morpholine rings is 1. The van der Waals surface area contributed by atoms with E-state index in [1.807, 2.05) is 20.8 Å². The van der Waals surface area contributed by atoms with Gasteiger partial charge in [-0.15, -0.1) is 0 Å². The fourth-order valence-electron chi connectivity index (χ4n) is 3.64. The van der Waals surface area contributed by atoms with Crippen molar-refractivity contribution in [2.75, 3.05) is 32.7 Å². The second kappa shape index (κ2) is 7.71. The van der Waals surface area contributed by atoms with Crippen molar-refractivity contribution < 1.29 is 27.5 Å². The maximum atomic E-state index is 13.0. The number of carbonyl (C=O) groups is 1. The smallest absolute Gasteiger partial charge is 0.410 e. The van der Waals surface area contributed by atoms with Gasteiger partial charge in [0, 0.05) is 26.2 Å². The van der Waals surface area contributed by atoms with Crippen molar-refractivity contribution in [3.05, 3.63) is 18.4 Å². The molecule has 1 amide bonds. The van der Waals surface area contributed by atoms with Gasteiger partial charge in [-0.2, -0.15) is 0 Å². The third kappa shape index (κ3) is 5.16. The lowest BCUT2D eigenvalue weighted by molar-refractivity contribution is -0.187. The van der Waals surface area contributed by atoms with E-state index < -0.39 is 23.7 Å². The monoisotopic (exact) mass is 387 g/mol. The molecule has 2 fully saturated rings. The molecule has 7 nitrogen and oxygen atoms in total. The molecule has 0 aliphatic carbocycles. The maximum absolute atomic E-state index is 13.0. The number of hydrogen-bond acceptors (Lipinski definition) is 6. The van der Waals surface area contributed by atoms with Gasteiger partial charge in [0.15, 0.2) is 0 Å². The van der Waals surface area contributed by atoms with E-state index in [9.17, 15) is 13.6 Å². The Morgan fingerprint density at radius 3 is 2.67 bits per heavy atom. The number of hydrogen-bond donors (Lipinski definition) is 0. The second-order valence-electron chi connectivity index (χ2n) is 8.21. The molecular weight excluding hydrogens is 360 g/mol. The molecule has 0 N–H and O–H groups in total. The standard InChI is InChI=1S/C18H27F2N3O4/c1-17(2,3)27-16(24)23-7-4-18(5-8-23)12-22(11-14(19)20)10-13(26-18)15-21-6-9-25-15/h6,9,13-14H,4-5,7-8,10-12H2,1-3H3. The first kappa shape index (κ1) is 20.0. The van der Waals surface area contributed by atoms with Gasteiger partial charge in [-0.25, -0.2) is 18.6 Å². The van der Waals surface area contributed by atoms with Crippen molar-refractivity contribution >= 4 is 6.09 Å². The Balaban J connectivity index is 1.68. The van der Waals surface area contributed by atoms with Gasteiger partial charge in [0.25, 0.3) is 6.43 Å². The first-order chi connectivity index (χ1) is 12.7. The predicted octanol–water partition coefficient (Wildman–Crippen LogP) is 3.08. The number of nitrogens with zero attached hydrogens (tertiary/aromatic N) is 3. The highest BCUT2D eigenvalue weighted by atomic mass is 19.3. The zero-order chi connectivity index (χ0) is 19.7. The molecule has 3 rings (SSSR count). The number of carbonyl (C=O) groups excluding carboxylic acids is 1. The number of aromatic nitrogens is 1. The molecule has 152 valence electrons. The summed E-state index contributed by atoms with van der Waals surface area (Å²) in [6, 6.07) is 0. The van der Waals surface area contributed by atoms with E-state index in [0.717, 1.165) is 0 Å². The van der Waals surface area contributed by atoms with Crippen LogP contribution in [0.5, 0.6) is 0 Å². The van der Waals surface area contributed by atoms with Crippen LogP contribution >= 0.6 is 0 Å². The highest BCUT2D eigenvalue weighted by Crippen LogP contribution is 2.37. The number of piperidine rings is 1. The number of halogens is 2. The molecule has 2 saturated heterocycles. The molecule has 1 unspecified atom stereocenters. The van der Waals surface area contributed by atoms with Crippen LogP contribution in [0.25, 0.3) is 0 Å². The average Bonchev–Trinajstić information content (AvgIpc) is 3.07. The highest BCUT2D eigenvalue weighted by Gasteiger charge is 2.46. The van der Waals surface area contributed by atoms with Crippen LogP contribution < -0.4 is 0 Å². The van der Waals surface area contributed by atoms with Crippen molar-refractivity contribution in [3.8, 4) is 0 Å². The quantitative estimate of drug-likeness (QED) is 0.794. The summed E-state index contributed by atoms with van der Waals surface area (Å²) in [5.74, 6) is 0.392. The molecule has 1 aromatic rings. The molecule has 9 heteroatoms. The van der Waals surface area contributed by atoms with Crippen LogP contribution in [-0.2, 0) is 9.47 Å². The fourth-order valence-corrected chi connectivity index (χ4v) is 3.64. The molecule has 3 heterocycles. The Kier molecular flexibility index (Phi) is 5.71. The van der Waals surface area contributed by atoms with Crippen LogP contribution in [0.2, 0.25) is 0 Å². The Hall–Kier alpha value is -1.74. The lowest BCUT2D eigenvalue weighted by Crippen LogP contribution is -2.59. The summed E-state index contributed by atoms with van der Waals surface area (Å²) in [7, 11) is 0. The molecule has 2 aliphatic rings. The summed E-state index contributed by atoms with van der Waals surface area (Å²) in [5.41, 5.74) is -1.16. The number of likely N-dealkylation sites (tertiary alicyclic amines) is 1. The molecule has 0 saturated carbocycles. The van der Waals surface area contributed by atoms with E-state index in [2.05, 4.69) is 4.98 Å². The second-order valence-corrected chi connectivity index (χ2v) is 8.21. The summed E-state index contributed by atoms with van der Waals surface area (Å²) < 4.78 is 43.0. The molecule has 1 aromatic heterocycles. The minimum atomic E-state index is -2.42. The molecule has 27 heavy (non-hydrogen) atoms. The van der Waals surface area contributed by atoms with Crippen molar-refractivity contribution in [1.82, 2.24) is 14.8 Å². The van der Waals surface area contributed by atoms with E-state index in [-0.39, 0.29) is 12.6 Å². The van der Waals surface area contributed by atoms with Crippen LogP contribution in [0.15, 0.2) is 16.9 Å². The Bertz CT molecular complexity index is 625. The van der Waals surface area contributed by atoms with Gasteiger partial charge in [-0.1, -0.05) is 0 Å². The average molecular weight is 387 g/mol. The van der Waals surface area contributed by atoms with Crippen LogP contribution in [-0.4, -0.2) is 71.2 Å². The van der Waals surface area contributed by atoms with Crippen molar-refractivity contribution in [2.24, 2.45) is 0 Å². The Morgan fingerprint density at radius 1 is 1.41 bits per heavy atom. The minimum Gasteiger partial charge on any atom is -0.446 e. The Morgan fingerprint density at radius 2 is 2.11 bits per heavy atom. The normalized spacial score (nSPS) is 23.8. The van der Waals surface area contributed by atoms with E-state index in [1.165, 1.54) is 12.5 Å². The van der Waals surface area contributed by atoms with Gasteiger partial charge in [0.1, 0.15) is 18.0 Å². The third-order valence-electron chi connectivity index (χ3n) is 4.78. The van der Waals surface area contributed by atoms with Gasteiger partial charge in [0.05, 0.1) is 18.3 Å². The van der Waals surface area contributed by atoms with Crippen LogP contribution in [0, 0.1) is 0 Å². The number of rotatable bonds is 3. The summed E-state index contributed by atoms with van der Waals surface area (Å²) in [6.45, 7) is 6.76. The molecule has 0 aromatic carbocycles. The first-order valence-electron chi connectivity index (χ1n) is 9.21. The number of alkyl halides is 2. The van der Waals surface area contributed by atoms with Gasteiger partial charge < -0.3 is 18.8 Å². The molecule has 0 bridgehead atoms. The molecule has 0 radical (unpaired) electrons. The van der Waals surface area contributed by atoms with Crippen molar-refractivity contribution in [1.29, 1.82) is 0 Å². The Labute approximate surface area is 157 Å². The van der Waals surface area contributed by atoms with E-state index >= 15 is 0 Å². The van der Waals surface area contributed by atoms with Gasteiger partial charge >= 0.3 is 6.09 Å². The molecule has 2 aliphatic heterocycles. The summed E-state index contributed by atoms with van der Waals surface area (Å²) >= 11 is 0. The zero-order valence-electron chi connectivity index (χ0n) is 16.0. The molecule has 1 spiro atoms. The summed E-state index contributed by atoms with van der Waals surface area (Å²) in [6.07, 6.45) is 0.770. The summed E-state index contributed by atoms with van der Waals surface area (Å²) in [4.78, 5) is 19.7. The zero-order valence-corrected chi connectivity index (χ0v) is 16.0. The van der Waals surface area contributed by atoms with Crippen molar-refractivity contribution in [3.63, 3.8) is 0 Å². The maximum Gasteiger partial charge on any atom is 0.410 e. The molecule has 1 atom stereocenters. The SMILES string of the molecule is CC(C)(C)OC(=O)N1CCC2(CC1)CN(CC(F)F)CC(c1ncco1)O2. The van der Waals surface area contributed by atoms with E-state index in [0.29, 0.717) is 44.9 Å². The minimum absolute atomic E-state index is 0.308. The lowest BCUT2D eigenvalue weighted by atomic mass is 9.88. The fraction of sp³-hybridized carbons (Fsp3) is 0.778. The van der Waals surface area contributed by atoms with Crippen LogP contribution in [0.4, 0.5) is 13.6 Å². The topological polar surface area (TPSA) is 68.0 Å². The highest BCUT2D eigenvalue weighted by molar-refractivity contribution is 5.68. The van der Waals surface area contributed by atoms with Gasteiger partial charge in [-0.05, 0) is 33.6 Å². The van der Waals surface area contributed by atoms with Crippen LogP contribution in [0.1, 0.15) is 45.6 Å². The third-order valence-corrected chi connectivity index (χ3v) is 4.78. The first-order valence-corrected chi connectivity index (χ1v) is 9.21. The predicted molar refractivity (Wildman–Crippen MR) is 92.5 cm³/mol. The summed E-state index contributed by atoms with van der Waals surface area (Å²) in [5, 5.41) is 0. The van der Waals surface area contributed by atoms with Crippen molar-refractivity contribution in [2.45, 2.75) is 57.3 Å². The number of ether oxygens (including phenoxy) is 2. The van der Waals surface area contributed by atoms with Crippen LogP contribution in [0.3, 0.4) is 0 Å².